The van der Waals surface area contributed by atoms with Crippen molar-refractivity contribution in [3.63, 3.8) is 0 Å². The molecule has 0 bridgehead atoms. The Hall–Kier alpha value is -1.26. The van der Waals surface area contributed by atoms with E-state index in [0.717, 1.165) is 19.3 Å². The Labute approximate surface area is 108 Å². The van der Waals surface area contributed by atoms with Crippen LogP contribution >= 0.6 is 0 Å². The molecule has 2 unspecified atom stereocenters. The van der Waals surface area contributed by atoms with Crippen molar-refractivity contribution < 1.29 is 14.7 Å². The molecule has 104 valence electrons. The highest BCUT2D eigenvalue weighted by molar-refractivity contribution is 5.79. The van der Waals surface area contributed by atoms with E-state index in [1.54, 1.807) is 6.92 Å². The topological polar surface area (TPSA) is 78.4 Å². The number of hydrogen-bond acceptors (Lipinski definition) is 2. The maximum atomic E-state index is 11.9. The van der Waals surface area contributed by atoms with E-state index >= 15 is 0 Å². The van der Waals surface area contributed by atoms with Crippen LogP contribution in [0.15, 0.2) is 0 Å². The van der Waals surface area contributed by atoms with Crippen molar-refractivity contribution >= 4 is 12.0 Å². The van der Waals surface area contributed by atoms with Crippen LogP contribution in [-0.2, 0) is 4.79 Å². The van der Waals surface area contributed by atoms with Crippen molar-refractivity contribution in [2.24, 2.45) is 5.41 Å². The predicted octanol–water partition coefficient (Wildman–Crippen LogP) is 2.12. The smallest absolute Gasteiger partial charge is 0.315 e. The standard InChI is InChI=1S/C13H24N2O3/c1-5-12(2,3)15-11(18)14-9-7-6-8-13(9,4)10(16)17/h9H,5-8H2,1-4H3,(H,16,17)(H2,14,15,18). The van der Waals surface area contributed by atoms with Crippen LogP contribution < -0.4 is 10.6 Å². The van der Waals surface area contributed by atoms with Crippen LogP contribution in [0.5, 0.6) is 0 Å². The molecule has 1 fully saturated rings. The molecule has 2 atom stereocenters. The van der Waals surface area contributed by atoms with Gasteiger partial charge in [-0.1, -0.05) is 13.3 Å². The Morgan fingerprint density at radius 3 is 2.56 bits per heavy atom. The maximum absolute atomic E-state index is 11.9. The molecule has 3 N–H and O–H groups in total. The minimum atomic E-state index is -0.840. The van der Waals surface area contributed by atoms with Crippen molar-refractivity contribution in [2.45, 2.75) is 65.0 Å². The summed E-state index contributed by atoms with van der Waals surface area (Å²) in [7, 11) is 0. The van der Waals surface area contributed by atoms with Crippen LogP contribution in [0.2, 0.25) is 0 Å². The van der Waals surface area contributed by atoms with Gasteiger partial charge in [0, 0.05) is 11.6 Å². The number of carboxylic acids is 1. The van der Waals surface area contributed by atoms with Gasteiger partial charge < -0.3 is 15.7 Å². The molecule has 0 aromatic heterocycles. The van der Waals surface area contributed by atoms with Gasteiger partial charge in [0.1, 0.15) is 0 Å². The number of carbonyl (C=O) groups excluding carboxylic acids is 1. The van der Waals surface area contributed by atoms with Crippen molar-refractivity contribution in [2.75, 3.05) is 0 Å². The molecule has 5 nitrogen and oxygen atoms in total. The molecule has 2 amide bonds. The van der Waals surface area contributed by atoms with Crippen LogP contribution in [0.25, 0.3) is 0 Å². The maximum Gasteiger partial charge on any atom is 0.315 e. The zero-order valence-electron chi connectivity index (χ0n) is 11.7. The summed E-state index contributed by atoms with van der Waals surface area (Å²) in [4.78, 5) is 23.2. The van der Waals surface area contributed by atoms with E-state index in [2.05, 4.69) is 10.6 Å². The lowest BCUT2D eigenvalue weighted by Gasteiger charge is -2.30. The molecule has 1 aliphatic rings. The number of aliphatic carboxylic acids is 1. The zero-order valence-corrected chi connectivity index (χ0v) is 11.7. The second-order valence-electron chi connectivity index (χ2n) is 6.00. The first-order valence-electron chi connectivity index (χ1n) is 6.53. The van der Waals surface area contributed by atoms with Crippen LogP contribution in [-0.4, -0.2) is 28.7 Å². The number of hydrogen-bond donors (Lipinski definition) is 3. The largest absolute Gasteiger partial charge is 0.481 e. The number of urea groups is 1. The minimum Gasteiger partial charge on any atom is -0.481 e. The van der Waals surface area contributed by atoms with Crippen LogP contribution in [0.3, 0.4) is 0 Å². The molecule has 0 saturated heterocycles. The molecule has 1 saturated carbocycles. The number of carbonyl (C=O) groups is 2. The third kappa shape index (κ3) is 3.15. The number of carboxylic acid groups (broad SMARTS) is 1. The van der Waals surface area contributed by atoms with Gasteiger partial charge in [0.2, 0.25) is 0 Å². The summed E-state index contributed by atoms with van der Waals surface area (Å²) >= 11 is 0. The van der Waals surface area contributed by atoms with Crippen molar-refractivity contribution in [1.29, 1.82) is 0 Å². The van der Waals surface area contributed by atoms with Crippen LogP contribution in [0.4, 0.5) is 4.79 Å². The fourth-order valence-corrected chi connectivity index (χ4v) is 2.24. The van der Waals surface area contributed by atoms with Gasteiger partial charge in [0.05, 0.1) is 5.41 Å². The predicted molar refractivity (Wildman–Crippen MR) is 69.4 cm³/mol. The number of amides is 2. The quantitative estimate of drug-likeness (QED) is 0.721. The van der Waals surface area contributed by atoms with E-state index in [9.17, 15) is 14.7 Å². The van der Waals surface area contributed by atoms with Crippen molar-refractivity contribution in [3.05, 3.63) is 0 Å². The lowest BCUT2D eigenvalue weighted by molar-refractivity contribution is -0.148. The van der Waals surface area contributed by atoms with Gasteiger partial charge in [-0.3, -0.25) is 4.79 Å². The summed E-state index contributed by atoms with van der Waals surface area (Å²) in [5.41, 5.74) is -1.12. The third-order valence-corrected chi connectivity index (χ3v) is 4.09. The number of nitrogens with one attached hydrogen (secondary N) is 2. The molecule has 0 radical (unpaired) electrons. The lowest BCUT2D eigenvalue weighted by Crippen LogP contribution is -2.54. The molecule has 1 aliphatic carbocycles. The van der Waals surface area contributed by atoms with E-state index in [4.69, 9.17) is 0 Å². The van der Waals surface area contributed by atoms with Crippen molar-refractivity contribution in [1.82, 2.24) is 10.6 Å². The first-order valence-corrected chi connectivity index (χ1v) is 6.53. The summed E-state index contributed by atoms with van der Waals surface area (Å²) in [5, 5.41) is 14.9. The summed E-state index contributed by atoms with van der Waals surface area (Å²) in [6, 6.07) is -0.566. The summed E-state index contributed by atoms with van der Waals surface area (Å²) in [6.45, 7) is 7.59. The molecule has 5 heteroatoms. The van der Waals surface area contributed by atoms with E-state index in [1.165, 1.54) is 0 Å². The second-order valence-corrected chi connectivity index (χ2v) is 6.00. The van der Waals surface area contributed by atoms with Gasteiger partial charge in [0.15, 0.2) is 0 Å². The van der Waals surface area contributed by atoms with E-state index in [0.29, 0.717) is 6.42 Å². The van der Waals surface area contributed by atoms with Crippen LogP contribution in [0.1, 0.15) is 53.4 Å². The third-order valence-electron chi connectivity index (χ3n) is 4.09. The Morgan fingerprint density at radius 1 is 1.44 bits per heavy atom. The molecule has 0 aromatic carbocycles. The molecule has 0 heterocycles. The summed E-state index contributed by atoms with van der Waals surface area (Å²) < 4.78 is 0. The minimum absolute atomic E-state index is 0.275. The summed E-state index contributed by atoms with van der Waals surface area (Å²) in [5.74, 6) is -0.833. The van der Waals surface area contributed by atoms with Gasteiger partial charge in [-0.05, 0) is 40.0 Å². The molecule has 0 spiro atoms. The van der Waals surface area contributed by atoms with Gasteiger partial charge in [-0.15, -0.1) is 0 Å². The fraction of sp³-hybridized carbons (Fsp3) is 0.846. The first-order chi connectivity index (χ1) is 8.21. The molecule has 0 aliphatic heterocycles. The highest BCUT2D eigenvalue weighted by atomic mass is 16.4. The monoisotopic (exact) mass is 256 g/mol. The molecule has 0 aromatic rings. The summed E-state index contributed by atoms with van der Waals surface area (Å²) in [6.07, 6.45) is 3.00. The SMILES string of the molecule is CCC(C)(C)NC(=O)NC1CCCC1(C)C(=O)O. The van der Waals surface area contributed by atoms with E-state index in [-0.39, 0.29) is 17.6 Å². The Kier molecular flexibility index (Phi) is 4.24. The van der Waals surface area contributed by atoms with Crippen LogP contribution in [0, 0.1) is 5.41 Å². The normalized spacial score (nSPS) is 27.9. The average molecular weight is 256 g/mol. The van der Waals surface area contributed by atoms with Gasteiger partial charge in [-0.2, -0.15) is 0 Å². The van der Waals surface area contributed by atoms with Gasteiger partial charge >= 0.3 is 12.0 Å². The lowest BCUT2D eigenvalue weighted by atomic mass is 9.85. The molecular formula is C13H24N2O3. The van der Waals surface area contributed by atoms with E-state index < -0.39 is 11.4 Å². The van der Waals surface area contributed by atoms with Gasteiger partial charge in [-0.25, -0.2) is 4.79 Å². The highest BCUT2D eigenvalue weighted by Crippen LogP contribution is 2.38. The average Bonchev–Trinajstić information content (AvgIpc) is 2.61. The van der Waals surface area contributed by atoms with E-state index in [1.807, 2.05) is 20.8 Å². The molecule has 18 heavy (non-hydrogen) atoms. The van der Waals surface area contributed by atoms with Gasteiger partial charge in [0.25, 0.3) is 0 Å². The Bertz CT molecular complexity index is 341. The second kappa shape index (κ2) is 5.16. The molecular weight excluding hydrogens is 232 g/mol. The number of rotatable bonds is 4. The first kappa shape index (κ1) is 14.8. The Morgan fingerprint density at radius 2 is 2.06 bits per heavy atom. The zero-order chi connectivity index (χ0) is 14.0. The van der Waals surface area contributed by atoms with Crippen molar-refractivity contribution in [3.8, 4) is 0 Å². The Balaban J connectivity index is 2.62. The highest BCUT2D eigenvalue weighted by Gasteiger charge is 2.46. The molecule has 1 rings (SSSR count). The fourth-order valence-electron chi connectivity index (χ4n) is 2.24.